The monoisotopic (exact) mass is 238 g/mol. The molecule has 1 aliphatic heterocycles. The van der Waals surface area contributed by atoms with Crippen LogP contribution in [0.5, 0.6) is 0 Å². The summed E-state index contributed by atoms with van der Waals surface area (Å²) in [7, 11) is 0. The van der Waals surface area contributed by atoms with E-state index in [9.17, 15) is 8.76 Å². The van der Waals surface area contributed by atoms with Gasteiger partial charge in [-0.05, 0) is 24.8 Å². The second kappa shape index (κ2) is 5.57. The fourth-order valence-corrected chi connectivity index (χ4v) is 2.96. The lowest BCUT2D eigenvalue weighted by Crippen LogP contribution is -2.41. The number of nitrogens with zero attached hydrogens (tertiary/aromatic N) is 1. The number of piperidine rings is 1. The maximum atomic E-state index is 11.1. The van der Waals surface area contributed by atoms with Crippen molar-refractivity contribution in [2.75, 3.05) is 6.54 Å². The van der Waals surface area contributed by atoms with Crippen LogP contribution in [0.2, 0.25) is 0 Å². The summed E-state index contributed by atoms with van der Waals surface area (Å²) in [5.41, 5.74) is 1.21. The molecule has 0 saturated carbocycles. The second-order valence-electron chi connectivity index (χ2n) is 4.20. The van der Waals surface area contributed by atoms with Crippen molar-refractivity contribution < 1.29 is 8.76 Å². The predicted octanol–water partition coefficient (Wildman–Crippen LogP) is 1.88. The summed E-state index contributed by atoms with van der Waals surface area (Å²) in [5, 5.41) is 0. The van der Waals surface area contributed by atoms with Crippen LogP contribution in [0.4, 0.5) is 0 Å². The van der Waals surface area contributed by atoms with Gasteiger partial charge in [0.1, 0.15) is 0 Å². The first-order valence-corrected chi connectivity index (χ1v) is 6.70. The van der Waals surface area contributed by atoms with E-state index in [-0.39, 0.29) is 6.04 Å². The summed E-state index contributed by atoms with van der Waals surface area (Å²) < 4.78 is 23.8. The van der Waals surface area contributed by atoms with Crippen molar-refractivity contribution in [2.45, 2.75) is 31.7 Å². The molecule has 3 nitrogen and oxygen atoms in total. The van der Waals surface area contributed by atoms with Crippen LogP contribution in [0.1, 0.15) is 24.8 Å². The number of hydrogen-bond acceptors (Lipinski definition) is 2. The molecule has 0 amide bonds. The molecule has 88 valence electrons. The SMILES string of the molecule is O=S([O-])N1CCCCC1Cc1ccccc1. The first kappa shape index (κ1) is 11.8. The molecule has 0 aromatic heterocycles. The lowest BCUT2D eigenvalue weighted by molar-refractivity contribution is 0.244. The second-order valence-corrected chi connectivity index (χ2v) is 5.10. The largest absolute Gasteiger partial charge is 0.760 e. The Morgan fingerprint density at radius 3 is 2.75 bits per heavy atom. The predicted molar refractivity (Wildman–Crippen MR) is 63.4 cm³/mol. The summed E-state index contributed by atoms with van der Waals surface area (Å²) >= 11 is -2.07. The fourth-order valence-electron chi connectivity index (χ4n) is 2.26. The molecule has 1 heterocycles. The van der Waals surface area contributed by atoms with Gasteiger partial charge in [0, 0.05) is 23.9 Å². The van der Waals surface area contributed by atoms with E-state index in [1.165, 1.54) is 5.56 Å². The van der Waals surface area contributed by atoms with Crippen LogP contribution >= 0.6 is 0 Å². The minimum absolute atomic E-state index is 0.148. The average Bonchev–Trinajstić information content (AvgIpc) is 2.31. The van der Waals surface area contributed by atoms with E-state index in [1.54, 1.807) is 4.31 Å². The maximum absolute atomic E-state index is 11.1. The molecule has 0 aliphatic carbocycles. The van der Waals surface area contributed by atoms with Gasteiger partial charge in [-0.25, -0.2) is 4.31 Å². The first-order valence-electron chi connectivity index (χ1n) is 5.67. The third-order valence-electron chi connectivity index (χ3n) is 3.08. The van der Waals surface area contributed by atoms with Crippen LogP contribution in [-0.2, 0) is 17.7 Å². The van der Waals surface area contributed by atoms with Gasteiger partial charge in [-0.15, -0.1) is 0 Å². The highest BCUT2D eigenvalue weighted by Gasteiger charge is 2.22. The number of benzene rings is 1. The molecule has 2 unspecified atom stereocenters. The van der Waals surface area contributed by atoms with Crippen LogP contribution in [0, 0.1) is 0 Å². The first-order chi connectivity index (χ1) is 7.77. The molecule has 0 spiro atoms. The maximum Gasteiger partial charge on any atom is 0.0255 e. The Labute approximate surface area is 98.9 Å². The normalized spacial score (nSPS) is 24.2. The van der Waals surface area contributed by atoms with Crippen molar-refractivity contribution >= 4 is 11.3 Å². The van der Waals surface area contributed by atoms with Gasteiger partial charge in [-0.2, -0.15) is 0 Å². The van der Waals surface area contributed by atoms with Crippen LogP contribution in [0.3, 0.4) is 0 Å². The fraction of sp³-hybridized carbons (Fsp3) is 0.500. The lowest BCUT2D eigenvalue weighted by Gasteiger charge is -2.36. The van der Waals surface area contributed by atoms with E-state index < -0.39 is 11.3 Å². The van der Waals surface area contributed by atoms with Crippen molar-refractivity contribution in [3.63, 3.8) is 0 Å². The zero-order valence-corrected chi connectivity index (χ0v) is 9.99. The molecule has 2 atom stereocenters. The molecular formula is C12H16NO2S-. The average molecular weight is 238 g/mol. The summed E-state index contributed by atoms with van der Waals surface area (Å²) in [5.74, 6) is 0. The van der Waals surface area contributed by atoms with E-state index in [0.29, 0.717) is 6.54 Å². The molecule has 16 heavy (non-hydrogen) atoms. The standard InChI is InChI=1S/C12H17NO2S/c14-16(15)13-9-5-4-8-12(13)10-11-6-2-1-3-7-11/h1-3,6-7,12H,4-5,8-10H2,(H,14,15)/p-1. The van der Waals surface area contributed by atoms with E-state index >= 15 is 0 Å². The highest BCUT2D eigenvalue weighted by atomic mass is 32.2. The Morgan fingerprint density at radius 1 is 1.31 bits per heavy atom. The molecule has 1 aromatic rings. The molecule has 4 heteroatoms. The molecule has 0 N–H and O–H groups in total. The quantitative estimate of drug-likeness (QED) is 0.755. The Kier molecular flexibility index (Phi) is 4.09. The lowest BCUT2D eigenvalue weighted by atomic mass is 9.98. The smallest absolute Gasteiger partial charge is 0.0255 e. The van der Waals surface area contributed by atoms with Crippen LogP contribution < -0.4 is 0 Å². The van der Waals surface area contributed by atoms with Crippen molar-refractivity contribution in [3.05, 3.63) is 35.9 Å². The summed E-state index contributed by atoms with van der Waals surface area (Å²) in [6, 6.07) is 10.2. The van der Waals surface area contributed by atoms with Crippen LogP contribution in [0.25, 0.3) is 0 Å². The van der Waals surface area contributed by atoms with E-state index in [2.05, 4.69) is 12.1 Å². The van der Waals surface area contributed by atoms with E-state index in [1.807, 2.05) is 18.2 Å². The summed E-state index contributed by atoms with van der Waals surface area (Å²) in [6.45, 7) is 0.674. The highest BCUT2D eigenvalue weighted by Crippen LogP contribution is 2.21. The van der Waals surface area contributed by atoms with Crippen LogP contribution in [0.15, 0.2) is 30.3 Å². The molecule has 1 aliphatic rings. The van der Waals surface area contributed by atoms with Gasteiger partial charge in [0.05, 0.1) is 0 Å². The Morgan fingerprint density at radius 2 is 2.06 bits per heavy atom. The van der Waals surface area contributed by atoms with Gasteiger partial charge >= 0.3 is 0 Å². The third-order valence-corrected chi connectivity index (χ3v) is 3.94. The Bertz CT molecular complexity index is 355. The highest BCUT2D eigenvalue weighted by molar-refractivity contribution is 7.76. The molecule has 1 fully saturated rings. The molecule has 0 radical (unpaired) electrons. The zero-order valence-electron chi connectivity index (χ0n) is 9.17. The van der Waals surface area contributed by atoms with Crippen molar-refractivity contribution in [3.8, 4) is 0 Å². The van der Waals surface area contributed by atoms with Crippen molar-refractivity contribution in [1.29, 1.82) is 0 Å². The third kappa shape index (κ3) is 2.90. The Balaban J connectivity index is 2.04. The molecular weight excluding hydrogens is 222 g/mol. The van der Waals surface area contributed by atoms with Gasteiger partial charge in [0.2, 0.25) is 0 Å². The molecule has 2 rings (SSSR count). The topological polar surface area (TPSA) is 43.4 Å². The minimum atomic E-state index is -2.07. The van der Waals surface area contributed by atoms with Crippen LogP contribution in [-0.4, -0.2) is 25.7 Å². The van der Waals surface area contributed by atoms with E-state index in [0.717, 1.165) is 25.7 Å². The van der Waals surface area contributed by atoms with Gasteiger partial charge in [-0.1, -0.05) is 36.8 Å². The summed E-state index contributed by atoms with van der Waals surface area (Å²) in [4.78, 5) is 0. The number of hydrogen-bond donors (Lipinski definition) is 0. The Hall–Kier alpha value is -0.710. The molecule has 1 aromatic carbocycles. The number of rotatable bonds is 3. The molecule has 1 saturated heterocycles. The zero-order chi connectivity index (χ0) is 11.4. The van der Waals surface area contributed by atoms with Gasteiger partial charge in [0.15, 0.2) is 0 Å². The van der Waals surface area contributed by atoms with E-state index in [4.69, 9.17) is 0 Å². The van der Waals surface area contributed by atoms with Crippen molar-refractivity contribution in [1.82, 2.24) is 4.31 Å². The van der Waals surface area contributed by atoms with Gasteiger partial charge in [-0.3, -0.25) is 4.21 Å². The van der Waals surface area contributed by atoms with Gasteiger partial charge < -0.3 is 4.55 Å². The molecule has 0 bridgehead atoms. The van der Waals surface area contributed by atoms with Gasteiger partial charge in [0.25, 0.3) is 0 Å². The summed E-state index contributed by atoms with van der Waals surface area (Å²) in [6.07, 6.45) is 3.92. The van der Waals surface area contributed by atoms with Crippen molar-refractivity contribution in [2.24, 2.45) is 0 Å². The minimum Gasteiger partial charge on any atom is -0.760 e.